The molecule has 3 aromatic heterocycles. The van der Waals surface area contributed by atoms with Crippen LogP contribution >= 0.6 is 11.3 Å². The Morgan fingerprint density at radius 3 is 3.04 bits per heavy atom. The fraction of sp³-hybridized carbons (Fsp3) is 0.368. The molecule has 1 N–H and O–H groups in total. The second kappa shape index (κ2) is 7.58. The average Bonchev–Trinajstić information content (AvgIpc) is 3.39. The molecule has 3 aromatic rings. The van der Waals surface area contributed by atoms with E-state index in [1.807, 2.05) is 25.2 Å². The Bertz CT molecular complexity index is 1090. The Kier molecular flexibility index (Phi) is 5.00. The minimum atomic E-state index is -0.144. The van der Waals surface area contributed by atoms with Crippen LogP contribution in [0.3, 0.4) is 0 Å². The van der Waals surface area contributed by atoms with Crippen LogP contribution in [-0.2, 0) is 4.74 Å². The van der Waals surface area contributed by atoms with Gasteiger partial charge in [0.05, 0.1) is 23.9 Å². The third-order valence-corrected chi connectivity index (χ3v) is 5.44. The molecule has 1 saturated carbocycles. The monoisotopic (exact) mass is 383 g/mol. The summed E-state index contributed by atoms with van der Waals surface area (Å²) in [5.41, 5.74) is 0.593. The summed E-state index contributed by atoms with van der Waals surface area (Å²) in [6.45, 7) is 2.51. The van der Waals surface area contributed by atoms with Crippen LogP contribution in [0.25, 0.3) is 26.0 Å². The third-order valence-electron chi connectivity index (χ3n) is 4.34. The number of anilines is 1. The normalized spacial score (nSPS) is 15.3. The fourth-order valence-electron chi connectivity index (χ4n) is 2.91. The number of rotatable bonds is 7. The third kappa shape index (κ3) is 3.50. The van der Waals surface area contributed by atoms with Crippen LogP contribution in [0.1, 0.15) is 26.2 Å². The molecule has 0 aromatic carbocycles. The van der Waals surface area contributed by atoms with Crippen molar-refractivity contribution in [3.05, 3.63) is 41.1 Å². The summed E-state index contributed by atoms with van der Waals surface area (Å²) >= 11 is 1.39. The second-order valence-corrected chi connectivity index (χ2v) is 7.42. The molecule has 0 bridgehead atoms. The molecule has 3 heterocycles. The van der Waals surface area contributed by atoms with Crippen LogP contribution in [0, 0.1) is 0 Å². The van der Waals surface area contributed by atoms with E-state index in [4.69, 9.17) is 4.74 Å². The molecular weight excluding hydrogens is 362 g/mol. The second-order valence-electron chi connectivity index (χ2n) is 6.42. The summed E-state index contributed by atoms with van der Waals surface area (Å²) in [6, 6.07) is 0.469. The van der Waals surface area contributed by atoms with Gasteiger partial charge in [-0.3, -0.25) is 4.79 Å². The molecule has 0 amide bonds. The Labute approximate surface area is 160 Å². The zero-order chi connectivity index (χ0) is 18.8. The minimum absolute atomic E-state index is 0.144. The molecule has 8 heteroatoms. The summed E-state index contributed by atoms with van der Waals surface area (Å²) in [7, 11) is 1.63. The number of nitrogens with zero attached hydrogens (tertiary/aromatic N) is 4. The van der Waals surface area contributed by atoms with Crippen molar-refractivity contribution in [1.82, 2.24) is 19.7 Å². The lowest BCUT2D eigenvalue weighted by Gasteiger charge is -2.06. The van der Waals surface area contributed by atoms with Crippen molar-refractivity contribution in [3.8, 4) is 0 Å². The van der Waals surface area contributed by atoms with Crippen LogP contribution in [-0.4, -0.2) is 39.5 Å². The predicted octanol–water partition coefficient (Wildman–Crippen LogP) is 3.43. The van der Waals surface area contributed by atoms with Gasteiger partial charge in [-0.25, -0.2) is 9.97 Å². The Hall–Kier alpha value is -2.58. The van der Waals surface area contributed by atoms with Crippen molar-refractivity contribution in [2.24, 2.45) is 0 Å². The Morgan fingerprint density at radius 1 is 1.44 bits per heavy atom. The molecule has 27 heavy (non-hydrogen) atoms. The first-order valence-electron chi connectivity index (χ1n) is 9.01. The van der Waals surface area contributed by atoms with E-state index in [1.165, 1.54) is 16.0 Å². The largest absolute Gasteiger partial charge is 0.381 e. The molecule has 0 spiro atoms. The molecule has 140 valence electrons. The van der Waals surface area contributed by atoms with E-state index in [-0.39, 0.29) is 5.56 Å². The van der Waals surface area contributed by atoms with E-state index in [0.717, 1.165) is 46.4 Å². The van der Waals surface area contributed by atoms with Gasteiger partial charge in [0.15, 0.2) is 0 Å². The van der Waals surface area contributed by atoms with Gasteiger partial charge in [0.1, 0.15) is 21.7 Å². The van der Waals surface area contributed by atoms with Gasteiger partial charge in [0.25, 0.3) is 5.56 Å². The maximum Gasteiger partial charge on any atom is 0.289 e. The number of hydrogen-bond donors (Lipinski definition) is 1. The number of ether oxygens (including phenoxy) is 1. The number of aromatic nitrogens is 4. The van der Waals surface area contributed by atoms with E-state index < -0.39 is 0 Å². The minimum Gasteiger partial charge on any atom is -0.381 e. The van der Waals surface area contributed by atoms with Gasteiger partial charge in [-0.05, 0) is 25.3 Å². The first-order valence-corrected chi connectivity index (χ1v) is 9.82. The maximum absolute atomic E-state index is 13.1. The molecule has 0 atom stereocenters. The summed E-state index contributed by atoms with van der Waals surface area (Å²) in [5, 5.41) is 9.55. The molecule has 1 aliphatic carbocycles. The highest BCUT2D eigenvalue weighted by Crippen LogP contribution is 2.35. The maximum atomic E-state index is 13.1. The zero-order valence-electron chi connectivity index (χ0n) is 15.3. The summed E-state index contributed by atoms with van der Waals surface area (Å²) in [6.07, 6.45) is 12.1. The summed E-state index contributed by atoms with van der Waals surface area (Å²) in [4.78, 5) is 22.7. The molecule has 0 aliphatic heterocycles. The van der Waals surface area contributed by atoms with Crippen molar-refractivity contribution in [3.63, 3.8) is 0 Å². The van der Waals surface area contributed by atoms with Gasteiger partial charge in [0.2, 0.25) is 0 Å². The number of allylic oxidation sites excluding steroid dienone is 3. The molecule has 4 rings (SSSR count). The van der Waals surface area contributed by atoms with Crippen molar-refractivity contribution in [1.29, 1.82) is 0 Å². The SMILES string of the molecule is CC/C=C(\C=C/COC)n1ncc2c(sc3ncnc(NC4CC4)c32)c1=O. The smallest absolute Gasteiger partial charge is 0.289 e. The first-order chi connectivity index (χ1) is 13.2. The van der Waals surface area contributed by atoms with E-state index in [9.17, 15) is 4.79 Å². The molecule has 0 unspecified atom stereocenters. The highest BCUT2D eigenvalue weighted by molar-refractivity contribution is 7.25. The van der Waals surface area contributed by atoms with Gasteiger partial charge in [-0.2, -0.15) is 9.78 Å². The lowest BCUT2D eigenvalue weighted by atomic mass is 10.2. The van der Waals surface area contributed by atoms with Crippen molar-refractivity contribution in [2.75, 3.05) is 19.0 Å². The summed E-state index contributed by atoms with van der Waals surface area (Å²) in [5.74, 6) is 0.789. The number of fused-ring (bicyclic) bond motifs is 3. The number of hydrogen-bond acceptors (Lipinski definition) is 7. The molecule has 1 aliphatic rings. The van der Waals surface area contributed by atoms with E-state index in [0.29, 0.717) is 17.3 Å². The van der Waals surface area contributed by atoms with Crippen molar-refractivity contribution < 1.29 is 4.74 Å². The molecular formula is C19H21N5O2S. The highest BCUT2D eigenvalue weighted by atomic mass is 32.1. The van der Waals surface area contributed by atoms with Crippen molar-refractivity contribution >= 4 is 43.2 Å². The van der Waals surface area contributed by atoms with Crippen molar-refractivity contribution in [2.45, 2.75) is 32.2 Å². The topological polar surface area (TPSA) is 81.9 Å². The summed E-state index contributed by atoms with van der Waals surface area (Å²) < 4.78 is 7.13. The van der Waals surface area contributed by atoms with Gasteiger partial charge in [-0.15, -0.1) is 11.3 Å². The van der Waals surface area contributed by atoms with E-state index >= 15 is 0 Å². The molecule has 7 nitrogen and oxygen atoms in total. The highest BCUT2D eigenvalue weighted by Gasteiger charge is 2.24. The lowest BCUT2D eigenvalue weighted by Crippen LogP contribution is -2.20. The van der Waals surface area contributed by atoms with Crippen LogP contribution < -0.4 is 10.9 Å². The molecule has 0 radical (unpaired) electrons. The van der Waals surface area contributed by atoms with E-state index in [1.54, 1.807) is 19.6 Å². The van der Waals surface area contributed by atoms with E-state index in [2.05, 4.69) is 20.4 Å². The van der Waals surface area contributed by atoms with Crippen LogP contribution in [0.4, 0.5) is 5.82 Å². The van der Waals surface area contributed by atoms with Crippen LogP contribution in [0.15, 0.2) is 35.5 Å². The average molecular weight is 383 g/mol. The van der Waals surface area contributed by atoms with Crippen LogP contribution in [0.2, 0.25) is 0 Å². The molecule has 0 saturated heterocycles. The fourth-order valence-corrected chi connectivity index (χ4v) is 3.95. The van der Waals surface area contributed by atoms with Gasteiger partial charge in [0, 0.05) is 18.5 Å². The first kappa shape index (κ1) is 17.8. The predicted molar refractivity (Wildman–Crippen MR) is 109 cm³/mol. The quantitative estimate of drug-likeness (QED) is 0.630. The lowest BCUT2D eigenvalue weighted by molar-refractivity contribution is 0.234. The van der Waals surface area contributed by atoms with Gasteiger partial charge < -0.3 is 10.1 Å². The van der Waals surface area contributed by atoms with Crippen LogP contribution in [0.5, 0.6) is 0 Å². The Morgan fingerprint density at radius 2 is 2.30 bits per heavy atom. The number of methoxy groups -OCH3 is 1. The number of nitrogens with one attached hydrogen (secondary N) is 1. The van der Waals surface area contributed by atoms with Gasteiger partial charge >= 0.3 is 0 Å². The van der Waals surface area contributed by atoms with Gasteiger partial charge in [-0.1, -0.05) is 19.1 Å². The standard InChI is InChI=1S/C19H21N5O2S/c1-3-5-13(6-4-9-26-2)24-19(25)16-14(10-22-24)15-17(23-12-7-8-12)20-11-21-18(15)27-16/h4-6,10-12H,3,7-9H2,1-2H3,(H,20,21,23)/b6-4-,13-5+. The zero-order valence-corrected chi connectivity index (χ0v) is 16.1. The Balaban J connectivity index is 1.85. The molecule has 1 fully saturated rings. The number of thiophene rings is 1.